The summed E-state index contributed by atoms with van der Waals surface area (Å²) in [5, 5.41) is 9.64. The maximum atomic E-state index is 13.3. The van der Waals surface area contributed by atoms with Crippen molar-refractivity contribution in [2.75, 3.05) is 6.61 Å². The van der Waals surface area contributed by atoms with Crippen molar-refractivity contribution >= 4 is 0 Å². The van der Waals surface area contributed by atoms with Gasteiger partial charge in [0.25, 0.3) is 0 Å². The SMILES string of the molecule is CC(C)(C)OCC(O)c1c(F)cccc1F. The van der Waals surface area contributed by atoms with Crippen molar-refractivity contribution in [3.63, 3.8) is 0 Å². The Balaban J connectivity index is 2.77. The van der Waals surface area contributed by atoms with Gasteiger partial charge in [-0.1, -0.05) is 6.07 Å². The van der Waals surface area contributed by atoms with E-state index < -0.39 is 23.3 Å². The average molecular weight is 230 g/mol. The Morgan fingerprint density at radius 3 is 2.19 bits per heavy atom. The van der Waals surface area contributed by atoms with Crippen LogP contribution in [0.1, 0.15) is 32.4 Å². The topological polar surface area (TPSA) is 29.5 Å². The Bertz CT molecular complexity index is 338. The fourth-order valence-corrected chi connectivity index (χ4v) is 1.24. The minimum absolute atomic E-state index is 0.138. The van der Waals surface area contributed by atoms with Gasteiger partial charge in [-0.25, -0.2) is 8.78 Å². The number of aliphatic hydroxyl groups excluding tert-OH is 1. The van der Waals surface area contributed by atoms with Crippen LogP contribution in [-0.4, -0.2) is 17.3 Å². The van der Waals surface area contributed by atoms with Crippen LogP contribution in [0.2, 0.25) is 0 Å². The van der Waals surface area contributed by atoms with Crippen molar-refractivity contribution in [2.24, 2.45) is 0 Å². The van der Waals surface area contributed by atoms with E-state index in [-0.39, 0.29) is 12.2 Å². The highest BCUT2D eigenvalue weighted by atomic mass is 19.1. The second-order valence-electron chi connectivity index (χ2n) is 4.57. The first-order valence-electron chi connectivity index (χ1n) is 5.07. The number of aliphatic hydroxyl groups is 1. The molecule has 0 amide bonds. The summed E-state index contributed by atoms with van der Waals surface area (Å²) in [6.07, 6.45) is -1.29. The second-order valence-corrected chi connectivity index (χ2v) is 4.57. The Morgan fingerprint density at radius 1 is 1.25 bits per heavy atom. The summed E-state index contributed by atoms with van der Waals surface area (Å²) < 4.78 is 31.8. The third-order valence-corrected chi connectivity index (χ3v) is 2.01. The van der Waals surface area contributed by atoms with E-state index in [1.165, 1.54) is 6.07 Å². The van der Waals surface area contributed by atoms with Crippen LogP contribution in [0.15, 0.2) is 18.2 Å². The van der Waals surface area contributed by atoms with Crippen LogP contribution in [0.5, 0.6) is 0 Å². The lowest BCUT2D eigenvalue weighted by molar-refractivity contribution is -0.0512. The fourth-order valence-electron chi connectivity index (χ4n) is 1.24. The standard InChI is InChI=1S/C12H16F2O2/c1-12(2,3)16-7-10(15)11-8(13)5-4-6-9(11)14/h4-6,10,15H,7H2,1-3H3. The maximum Gasteiger partial charge on any atom is 0.132 e. The molecule has 0 radical (unpaired) electrons. The number of hydrogen-bond donors (Lipinski definition) is 1. The van der Waals surface area contributed by atoms with E-state index in [0.29, 0.717) is 0 Å². The Morgan fingerprint density at radius 2 is 1.75 bits per heavy atom. The van der Waals surface area contributed by atoms with E-state index in [9.17, 15) is 13.9 Å². The van der Waals surface area contributed by atoms with Crippen molar-refractivity contribution in [1.29, 1.82) is 0 Å². The first-order valence-corrected chi connectivity index (χ1v) is 5.07. The van der Waals surface area contributed by atoms with Gasteiger partial charge in [0.1, 0.15) is 17.7 Å². The summed E-state index contributed by atoms with van der Waals surface area (Å²) in [4.78, 5) is 0. The van der Waals surface area contributed by atoms with Crippen molar-refractivity contribution in [3.05, 3.63) is 35.4 Å². The van der Waals surface area contributed by atoms with E-state index in [4.69, 9.17) is 4.74 Å². The zero-order chi connectivity index (χ0) is 12.3. The van der Waals surface area contributed by atoms with Gasteiger partial charge in [-0.15, -0.1) is 0 Å². The number of benzene rings is 1. The van der Waals surface area contributed by atoms with E-state index in [0.717, 1.165) is 12.1 Å². The van der Waals surface area contributed by atoms with Gasteiger partial charge in [-0.2, -0.15) is 0 Å². The molecule has 4 heteroatoms. The summed E-state index contributed by atoms with van der Waals surface area (Å²) in [6.45, 7) is 5.27. The van der Waals surface area contributed by atoms with E-state index in [1.807, 2.05) is 0 Å². The Labute approximate surface area is 93.9 Å². The van der Waals surface area contributed by atoms with Crippen LogP contribution in [-0.2, 0) is 4.74 Å². The van der Waals surface area contributed by atoms with Gasteiger partial charge >= 0.3 is 0 Å². The van der Waals surface area contributed by atoms with Crippen LogP contribution in [0.3, 0.4) is 0 Å². The summed E-state index contributed by atoms with van der Waals surface area (Å²) in [5.74, 6) is -1.52. The predicted octanol–water partition coefficient (Wildman–Crippen LogP) is 2.81. The van der Waals surface area contributed by atoms with Gasteiger partial charge in [0.15, 0.2) is 0 Å². The monoisotopic (exact) mass is 230 g/mol. The molecule has 16 heavy (non-hydrogen) atoms. The maximum absolute atomic E-state index is 13.3. The van der Waals surface area contributed by atoms with Crippen LogP contribution < -0.4 is 0 Å². The molecule has 1 N–H and O–H groups in total. The fraction of sp³-hybridized carbons (Fsp3) is 0.500. The minimum Gasteiger partial charge on any atom is -0.386 e. The van der Waals surface area contributed by atoms with Crippen molar-refractivity contribution in [2.45, 2.75) is 32.5 Å². The summed E-state index contributed by atoms with van der Waals surface area (Å²) in [5.41, 5.74) is -0.797. The molecule has 0 saturated heterocycles. The molecule has 1 aromatic rings. The second kappa shape index (κ2) is 4.89. The van der Waals surface area contributed by atoms with Crippen LogP contribution >= 0.6 is 0 Å². The Hall–Kier alpha value is -1.00. The number of hydrogen-bond acceptors (Lipinski definition) is 2. The van der Waals surface area contributed by atoms with Crippen LogP contribution in [0.4, 0.5) is 8.78 Å². The Kier molecular flexibility index (Phi) is 3.99. The van der Waals surface area contributed by atoms with Crippen molar-refractivity contribution < 1.29 is 18.6 Å². The molecule has 0 spiro atoms. The van der Waals surface area contributed by atoms with E-state index in [1.54, 1.807) is 20.8 Å². The normalized spacial score (nSPS) is 13.9. The third-order valence-electron chi connectivity index (χ3n) is 2.01. The molecule has 0 aliphatic heterocycles. The molecule has 90 valence electrons. The van der Waals surface area contributed by atoms with Gasteiger partial charge in [-0.3, -0.25) is 0 Å². The van der Waals surface area contributed by atoms with Crippen molar-refractivity contribution in [1.82, 2.24) is 0 Å². The molecule has 0 heterocycles. The van der Waals surface area contributed by atoms with Crippen LogP contribution in [0.25, 0.3) is 0 Å². The van der Waals surface area contributed by atoms with Gasteiger partial charge < -0.3 is 9.84 Å². The summed E-state index contributed by atoms with van der Waals surface area (Å²) in [6, 6.07) is 3.48. The highest BCUT2D eigenvalue weighted by Crippen LogP contribution is 2.22. The molecule has 1 aromatic carbocycles. The third kappa shape index (κ3) is 3.54. The molecule has 0 aliphatic rings. The van der Waals surface area contributed by atoms with Gasteiger partial charge in [0, 0.05) is 0 Å². The lowest BCUT2D eigenvalue weighted by atomic mass is 10.1. The molecule has 0 bridgehead atoms. The molecule has 0 saturated carbocycles. The molecule has 1 unspecified atom stereocenters. The van der Waals surface area contributed by atoms with E-state index in [2.05, 4.69) is 0 Å². The van der Waals surface area contributed by atoms with E-state index >= 15 is 0 Å². The molecular formula is C12H16F2O2. The zero-order valence-corrected chi connectivity index (χ0v) is 9.63. The molecular weight excluding hydrogens is 214 g/mol. The molecule has 2 nitrogen and oxygen atoms in total. The molecule has 1 rings (SSSR count). The van der Waals surface area contributed by atoms with Crippen molar-refractivity contribution in [3.8, 4) is 0 Å². The molecule has 0 fully saturated rings. The highest BCUT2D eigenvalue weighted by Gasteiger charge is 2.20. The van der Waals surface area contributed by atoms with Gasteiger partial charge in [-0.05, 0) is 32.9 Å². The average Bonchev–Trinajstić information content (AvgIpc) is 2.13. The molecule has 0 aliphatic carbocycles. The highest BCUT2D eigenvalue weighted by molar-refractivity contribution is 5.22. The first-order chi connectivity index (χ1) is 7.31. The summed E-state index contributed by atoms with van der Waals surface area (Å²) >= 11 is 0. The van der Waals surface area contributed by atoms with Gasteiger partial charge in [0.05, 0.1) is 17.8 Å². The lowest BCUT2D eigenvalue weighted by Gasteiger charge is -2.22. The quantitative estimate of drug-likeness (QED) is 0.865. The van der Waals surface area contributed by atoms with Gasteiger partial charge in [0.2, 0.25) is 0 Å². The van der Waals surface area contributed by atoms with Crippen LogP contribution in [0, 0.1) is 11.6 Å². The zero-order valence-electron chi connectivity index (χ0n) is 9.63. The molecule has 1 atom stereocenters. The predicted molar refractivity (Wildman–Crippen MR) is 57.0 cm³/mol. The smallest absolute Gasteiger partial charge is 0.132 e. The molecule has 0 aromatic heterocycles. The first kappa shape index (κ1) is 13.1. The number of ether oxygens (including phenoxy) is 1. The number of halogens is 2. The minimum atomic E-state index is -1.29. The summed E-state index contributed by atoms with van der Waals surface area (Å²) in [7, 11) is 0. The largest absolute Gasteiger partial charge is 0.386 e. The number of rotatable bonds is 3. The lowest BCUT2D eigenvalue weighted by Crippen LogP contribution is -2.23.